The van der Waals surface area contributed by atoms with Crippen molar-refractivity contribution < 1.29 is 19.1 Å². The van der Waals surface area contributed by atoms with Gasteiger partial charge in [0.1, 0.15) is 18.0 Å². The number of amides is 2. The van der Waals surface area contributed by atoms with Gasteiger partial charge in [-0.3, -0.25) is 0 Å². The first kappa shape index (κ1) is 21.8. The molecule has 9 heteroatoms. The highest BCUT2D eigenvalue weighted by Crippen LogP contribution is 2.56. The lowest BCUT2D eigenvalue weighted by molar-refractivity contribution is -0.162. The molecule has 1 aliphatic heterocycles. The van der Waals surface area contributed by atoms with E-state index < -0.39 is 34.5 Å². The van der Waals surface area contributed by atoms with Gasteiger partial charge in [0.25, 0.3) is 0 Å². The molecule has 1 aromatic rings. The smallest absolute Gasteiger partial charge is 0.405 e. The summed E-state index contributed by atoms with van der Waals surface area (Å²) < 4.78 is 13.0. The number of carbonyl (C=O) groups is 2. The molecule has 0 saturated heterocycles. The van der Waals surface area contributed by atoms with E-state index in [-0.39, 0.29) is 6.61 Å². The van der Waals surface area contributed by atoms with Crippen molar-refractivity contribution >= 4 is 18.0 Å². The molecule has 2 rings (SSSR count). The normalized spacial score (nSPS) is 15.9. The number of aromatic nitrogens is 2. The third kappa shape index (κ3) is 3.88. The van der Waals surface area contributed by atoms with Gasteiger partial charge in [0, 0.05) is 29.5 Å². The molecule has 0 spiro atoms. The molecule has 0 aromatic carbocycles. The molecule has 0 saturated carbocycles. The molecule has 2 heterocycles. The zero-order valence-corrected chi connectivity index (χ0v) is 17.7. The van der Waals surface area contributed by atoms with Crippen molar-refractivity contribution in [2.45, 2.75) is 66.0 Å². The average Bonchev–Trinajstić information content (AvgIpc) is 2.95. The van der Waals surface area contributed by atoms with E-state index in [0.717, 1.165) is 30.9 Å². The van der Waals surface area contributed by atoms with Crippen LogP contribution in [-0.2, 0) is 16.0 Å². The Bertz CT molecular complexity index is 716. The maximum Gasteiger partial charge on any atom is 0.405 e. The molecule has 1 aliphatic rings. The van der Waals surface area contributed by atoms with Gasteiger partial charge >= 0.3 is 12.2 Å². The maximum atomic E-state index is 12.0. The minimum Gasteiger partial charge on any atom is -0.449 e. The second kappa shape index (κ2) is 7.52. The van der Waals surface area contributed by atoms with Crippen LogP contribution >= 0.6 is 0 Å². The molecule has 0 fully saturated rings. The standard InChI is InChI=1S/C19H33N5O4/c1-17(2,3)19(18(4,5)6,28-16(21)26)13(11-27-15(20)25)12-10-23-24-9-7-8-22-14(12)24/h10,13,22H,7-9,11H2,1-6H3,(H2,20,25)(H2,21,26). The SMILES string of the molecule is CC(C)(C)C(OC(N)=O)(C(COC(N)=O)c1cnn2c1NCCC2)C(C)(C)C. The van der Waals surface area contributed by atoms with Crippen LogP contribution in [0, 0.1) is 10.8 Å². The lowest BCUT2D eigenvalue weighted by atomic mass is 9.55. The van der Waals surface area contributed by atoms with Crippen LogP contribution in [0.2, 0.25) is 0 Å². The lowest BCUT2D eigenvalue weighted by Gasteiger charge is -2.55. The lowest BCUT2D eigenvalue weighted by Crippen LogP contribution is -2.61. The van der Waals surface area contributed by atoms with Gasteiger partial charge in [-0.15, -0.1) is 0 Å². The second-order valence-corrected chi connectivity index (χ2v) is 9.29. The Hall–Kier alpha value is -2.45. The van der Waals surface area contributed by atoms with Crippen LogP contribution < -0.4 is 16.8 Å². The quantitative estimate of drug-likeness (QED) is 0.702. The van der Waals surface area contributed by atoms with Crippen molar-refractivity contribution in [3.8, 4) is 0 Å². The third-order valence-corrected chi connectivity index (χ3v) is 5.46. The Morgan fingerprint density at radius 1 is 1.18 bits per heavy atom. The zero-order chi connectivity index (χ0) is 21.3. The summed E-state index contributed by atoms with van der Waals surface area (Å²) in [6.07, 6.45) is 0.912. The predicted octanol–water partition coefficient (Wildman–Crippen LogP) is 2.80. The van der Waals surface area contributed by atoms with Crippen LogP contribution in [0.15, 0.2) is 6.20 Å². The molecule has 0 aliphatic carbocycles. The molecule has 158 valence electrons. The highest BCUT2D eigenvalue weighted by molar-refractivity contribution is 5.66. The summed E-state index contributed by atoms with van der Waals surface area (Å²) in [5.41, 5.74) is 9.35. The Kier molecular flexibility index (Phi) is 5.87. The fourth-order valence-electron chi connectivity index (χ4n) is 4.75. The first-order valence-electron chi connectivity index (χ1n) is 9.51. The van der Waals surface area contributed by atoms with E-state index in [4.69, 9.17) is 20.9 Å². The number of anilines is 1. The predicted molar refractivity (Wildman–Crippen MR) is 106 cm³/mol. The first-order valence-corrected chi connectivity index (χ1v) is 9.51. The van der Waals surface area contributed by atoms with E-state index in [9.17, 15) is 9.59 Å². The van der Waals surface area contributed by atoms with Gasteiger partial charge in [-0.1, -0.05) is 41.5 Å². The molecule has 9 nitrogen and oxygen atoms in total. The summed E-state index contributed by atoms with van der Waals surface area (Å²) >= 11 is 0. The van der Waals surface area contributed by atoms with Crippen LogP contribution in [-0.4, -0.2) is 40.7 Å². The highest BCUT2D eigenvalue weighted by atomic mass is 16.6. The van der Waals surface area contributed by atoms with Gasteiger partial charge < -0.3 is 26.3 Å². The van der Waals surface area contributed by atoms with Gasteiger partial charge in [0.05, 0.1) is 12.1 Å². The second-order valence-electron chi connectivity index (χ2n) is 9.29. The van der Waals surface area contributed by atoms with Crippen LogP contribution in [0.5, 0.6) is 0 Å². The number of nitrogens with one attached hydrogen (secondary N) is 1. The minimum atomic E-state index is -1.12. The van der Waals surface area contributed by atoms with Crippen LogP contribution in [0.1, 0.15) is 59.4 Å². The Balaban J connectivity index is 2.73. The van der Waals surface area contributed by atoms with Gasteiger partial charge in [-0.2, -0.15) is 5.10 Å². The van der Waals surface area contributed by atoms with Crippen LogP contribution in [0.3, 0.4) is 0 Å². The van der Waals surface area contributed by atoms with E-state index in [1.165, 1.54) is 0 Å². The third-order valence-electron chi connectivity index (χ3n) is 5.46. The summed E-state index contributed by atoms with van der Waals surface area (Å²) in [6.45, 7) is 13.4. The molecule has 2 amide bonds. The molecule has 1 atom stereocenters. The summed E-state index contributed by atoms with van der Waals surface area (Å²) in [6, 6.07) is 0. The van der Waals surface area contributed by atoms with Crippen molar-refractivity contribution in [3.63, 3.8) is 0 Å². The van der Waals surface area contributed by atoms with Gasteiger partial charge in [0.15, 0.2) is 0 Å². The number of aryl methyl sites for hydroxylation is 1. The molecule has 5 N–H and O–H groups in total. The van der Waals surface area contributed by atoms with Crippen LogP contribution in [0.25, 0.3) is 0 Å². The minimum absolute atomic E-state index is 0.0719. The fourth-order valence-corrected chi connectivity index (χ4v) is 4.75. The summed E-state index contributed by atoms with van der Waals surface area (Å²) in [5, 5.41) is 7.84. The Labute approximate surface area is 166 Å². The largest absolute Gasteiger partial charge is 0.449 e. The maximum absolute atomic E-state index is 12.0. The van der Waals surface area contributed by atoms with E-state index in [1.807, 2.05) is 46.2 Å². The number of hydrogen-bond donors (Lipinski definition) is 3. The number of nitrogens with zero attached hydrogens (tertiary/aromatic N) is 2. The monoisotopic (exact) mass is 395 g/mol. The van der Waals surface area contributed by atoms with Crippen molar-refractivity contribution in [3.05, 3.63) is 11.8 Å². The number of rotatable bonds is 5. The molecular weight excluding hydrogens is 362 g/mol. The van der Waals surface area contributed by atoms with Crippen molar-refractivity contribution in [1.82, 2.24) is 9.78 Å². The number of carbonyl (C=O) groups excluding carboxylic acids is 2. The topological polar surface area (TPSA) is 134 Å². The molecule has 1 aromatic heterocycles. The Morgan fingerprint density at radius 3 is 2.29 bits per heavy atom. The molecule has 28 heavy (non-hydrogen) atoms. The zero-order valence-electron chi connectivity index (χ0n) is 17.7. The molecule has 1 unspecified atom stereocenters. The van der Waals surface area contributed by atoms with Crippen molar-refractivity contribution in [2.75, 3.05) is 18.5 Å². The molecular formula is C19H33N5O4. The van der Waals surface area contributed by atoms with E-state index >= 15 is 0 Å². The van der Waals surface area contributed by atoms with E-state index in [1.54, 1.807) is 6.20 Å². The first-order chi connectivity index (χ1) is 12.8. The number of ether oxygens (including phenoxy) is 2. The number of hydrogen-bond acceptors (Lipinski definition) is 6. The van der Waals surface area contributed by atoms with E-state index in [0.29, 0.717) is 0 Å². The van der Waals surface area contributed by atoms with Crippen molar-refractivity contribution in [1.29, 1.82) is 0 Å². The molecule has 0 radical (unpaired) electrons. The number of primary amides is 2. The van der Waals surface area contributed by atoms with Gasteiger partial charge in [-0.05, 0) is 6.42 Å². The Morgan fingerprint density at radius 2 is 1.79 bits per heavy atom. The van der Waals surface area contributed by atoms with Crippen LogP contribution in [0.4, 0.5) is 15.4 Å². The fraction of sp³-hybridized carbons (Fsp3) is 0.737. The number of fused-ring (bicyclic) bond motifs is 1. The summed E-state index contributed by atoms with van der Waals surface area (Å²) in [7, 11) is 0. The van der Waals surface area contributed by atoms with Gasteiger partial charge in [-0.25, -0.2) is 14.3 Å². The average molecular weight is 396 g/mol. The molecule has 0 bridgehead atoms. The highest BCUT2D eigenvalue weighted by Gasteiger charge is 2.60. The van der Waals surface area contributed by atoms with Gasteiger partial charge in [0.2, 0.25) is 0 Å². The summed E-state index contributed by atoms with van der Waals surface area (Å²) in [5.74, 6) is 0.289. The van der Waals surface area contributed by atoms with Crippen molar-refractivity contribution in [2.24, 2.45) is 22.3 Å². The van der Waals surface area contributed by atoms with E-state index in [2.05, 4.69) is 10.4 Å². The number of nitrogens with two attached hydrogens (primary N) is 2. The summed E-state index contributed by atoms with van der Waals surface area (Å²) in [4.78, 5) is 23.5.